The molecule has 0 radical (unpaired) electrons. The maximum absolute atomic E-state index is 5.91. The lowest BCUT2D eigenvalue weighted by Gasteiger charge is -2.41. The molecule has 3 heteroatoms. The molecule has 2 atom stereocenters. The van der Waals surface area contributed by atoms with E-state index in [2.05, 4.69) is 44.8 Å². The zero-order valence-corrected chi connectivity index (χ0v) is 12.3. The Bertz CT molecular complexity index is 218. The van der Waals surface area contributed by atoms with E-state index in [0.29, 0.717) is 12.1 Å². The Morgan fingerprint density at radius 3 is 2.76 bits per heavy atom. The van der Waals surface area contributed by atoms with Gasteiger partial charge in [-0.2, -0.15) is 0 Å². The molecule has 1 saturated heterocycles. The zero-order valence-electron chi connectivity index (χ0n) is 12.3. The molecule has 1 fully saturated rings. The summed E-state index contributed by atoms with van der Waals surface area (Å²) in [7, 11) is 0. The van der Waals surface area contributed by atoms with Gasteiger partial charge in [-0.3, -0.25) is 4.90 Å². The van der Waals surface area contributed by atoms with Crippen LogP contribution in [-0.2, 0) is 4.74 Å². The SMILES string of the molecule is CCCC(C)NCCN1CC(C)OC(C)(C)C1. The van der Waals surface area contributed by atoms with Crippen LogP contribution in [0.3, 0.4) is 0 Å². The first-order valence-electron chi connectivity index (χ1n) is 7.06. The largest absolute Gasteiger partial charge is 0.370 e. The summed E-state index contributed by atoms with van der Waals surface area (Å²) in [5.74, 6) is 0. The Labute approximate surface area is 107 Å². The third kappa shape index (κ3) is 5.84. The van der Waals surface area contributed by atoms with Crippen LogP contribution in [0.5, 0.6) is 0 Å². The predicted octanol–water partition coefficient (Wildman–Crippen LogP) is 2.26. The maximum atomic E-state index is 5.91. The lowest BCUT2D eigenvalue weighted by Crippen LogP contribution is -2.53. The number of ether oxygens (including phenoxy) is 1. The molecule has 0 aromatic heterocycles. The van der Waals surface area contributed by atoms with E-state index in [0.717, 1.165) is 26.2 Å². The highest BCUT2D eigenvalue weighted by Crippen LogP contribution is 2.20. The van der Waals surface area contributed by atoms with E-state index in [1.807, 2.05) is 0 Å². The third-order valence-corrected chi connectivity index (χ3v) is 3.28. The van der Waals surface area contributed by atoms with Gasteiger partial charge in [0.1, 0.15) is 0 Å². The van der Waals surface area contributed by atoms with Crippen LogP contribution in [0.4, 0.5) is 0 Å². The second-order valence-electron chi connectivity index (χ2n) is 6.07. The fraction of sp³-hybridized carbons (Fsp3) is 1.00. The van der Waals surface area contributed by atoms with Crippen molar-refractivity contribution in [1.29, 1.82) is 0 Å². The van der Waals surface area contributed by atoms with Crippen molar-refractivity contribution in [1.82, 2.24) is 10.2 Å². The van der Waals surface area contributed by atoms with Crippen LogP contribution in [0.25, 0.3) is 0 Å². The van der Waals surface area contributed by atoms with Crippen LogP contribution in [0.1, 0.15) is 47.5 Å². The fourth-order valence-corrected chi connectivity index (χ4v) is 2.76. The van der Waals surface area contributed by atoms with Crippen molar-refractivity contribution in [3.63, 3.8) is 0 Å². The lowest BCUT2D eigenvalue weighted by molar-refractivity contribution is -0.128. The highest BCUT2D eigenvalue weighted by atomic mass is 16.5. The molecule has 1 rings (SSSR count). The van der Waals surface area contributed by atoms with Crippen LogP contribution < -0.4 is 5.32 Å². The second kappa shape index (κ2) is 6.72. The van der Waals surface area contributed by atoms with Gasteiger partial charge in [-0.15, -0.1) is 0 Å². The first-order valence-corrected chi connectivity index (χ1v) is 7.06. The summed E-state index contributed by atoms with van der Waals surface area (Å²) < 4.78 is 5.91. The van der Waals surface area contributed by atoms with E-state index in [9.17, 15) is 0 Å². The van der Waals surface area contributed by atoms with E-state index in [4.69, 9.17) is 4.74 Å². The lowest BCUT2D eigenvalue weighted by atomic mass is 10.1. The smallest absolute Gasteiger partial charge is 0.0757 e. The Morgan fingerprint density at radius 2 is 2.18 bits per heavy atom. The minimum absolute atomic E-state index is 0.00665. The summed E-state index contributed by atoms with van der Waals surface area (Å²) in [6.45, 7) is 15.4. The van der Waals surface area contributed by atoms with Crippen molar-refractivity contribution in [2.45, 2.75) is 65.2 Å². The summed E-state index contributed by atoms with van der Waals surface area (Å²) in [5.41, 5.74) is 0.00665. The van der Waals surface area contributed by atoms with Crippen molar-refractivity contribution in [3.8, 4) is 0 Å². The Morgan fingerprint density at radius 1 is 1.47 bits per heavy atom. The second-order valence-corrected chi connectivity index (χ2v) is 6.07. The van der Waals surface area contributed by atoms with E-state index < -0.39 is 0 Å². The number of hydrogen-bond acceptors (Lipinski definition) is 3. The molecule has 102 valence electrons. The standard InChI is InChI=1S/C14H30N2O/c1-6-7-12(2)15-8-9-16-10-13(3)17-14(4,5)11-16/h12-13,15H,6-11H2,1-5H3. The number of morpholine rings is 1. The summed E-state index contributed by atoms with van der Waals surface area (Å²) in [6, 6.07) is 0.645. The average molecular weight is 242 g/mol. The van der Waals surface area contributed by atoms with Gasteiger partial charge >= 0.3 is 0 Å². The predicted molar refractivity (Wildman–Crippen MR) is 73.4 cm³/mol. The van der Waals surface area contributed by atoms with Gasteiger partial charge in [0.05, 0.1) is 11.7 Å². The molecule has 2 unspecified atom stereocenters. The van der Waals surface area contributed by atoms with Crippen molar-refractivity contribution in [3.05, 3.63) is 0 Å². The molecule has 0 aromatic rings. The number of nitrogens with one attached hydrogen (secondary N) is 1. The molecule has 1 aliphatic heterocycles. The molecule has 0 spiro atoms. The van der Waals surface area contributed by atoms with Crippen molar-refractivity contribution < 1.29 is 4.74 Å². The zero-order chi connectivity index (χ0) is 12.9. The molecule has 0 aliphatic carbocycles. The molecule has 0 aromatic carbocycles. The van der Waals surface area contributed by atoms with Gasteiger partial charge in [0, 0.05) is 32.2 Å². The Balaban J connectivity index is 2.22. The fourth-order valence-electron chi connectivity index (χ4n) is 2.76. The molecule has 1 N–H and O–H groups in total. The quantitative estimate of drug-likeness (QED) is 0.773. The molecular weight excluding hydrogens is 212 g/mol. The van der Waals surface area contributed by atoms with E-state index in [-0.39, 0.29) is 5.60 Å². The first-order chi connectivity index (χ1) is 7.93. The van der Waals surface area contributed by atoms with Gasteiger partial charge in [0.2, 0.25) is 0 Å². The van der Waals surface area contributed by atoms with E-state index >= 15 is 0 Å². The molecule has 0 saturated carbocycles. The highest BCUT2D eigenvalue weighted by molar-refractivity contribution is 4.82. The van der Waals surface area contributed by atoms with Crippen molar-refractivity contribution >= 4 is 0 Å². The van der Waals surface area contributed by atoms with Gasteiger partial charge < -0.3 is 10.1 Å². The van der Waals surface area contributed by atoms with E-state index in [1.165, 1.54) is 12.8 Å². The van der Waals surface area contributed by atoms with Crippen LogP contribution in [0.2, 0.25) is 0 Å². The molecule has 0 bridgehead atoms. The van der Waals surface area contributed by atoms with E-state index in [1.54, 1.807) is 0 Å². The van der Waals surface area contributed by atoms with Crippen molar-refractivity contribution in [2.75, 3.05) is 26.2 Å². The van der Waals surface area contributed by atoms with Gasteiger partial charge in [-0.1, -0.05) is 13.3 Å². The minimum atomic E-state index is 0.00665. The number of nitrogens with zero attached hydrogens (tertiary/aromatic N) is 1. The van der Waals surface area contributed by atoms with Gasteiger partial charge in [0.25, 0.3) is 0 Å². The van der Waals surface area contributed by atoms with Gasteiger partial charge in [-0.25, -0.2) is 0 Å². The van der Waals surface area contributed by atoms with Crippen molar-refractivity contribution in [2.24, 2.45) is 0 Å². The summed E-state index contributed by atoms with van der Waals surface area (Å²) in [5, 5.41) is 3.59. The summed E-state index contributed by atoms with van der Waals surface area (Å²) >= 11 is 0. The van der Waals surface area contributed by atoms with Gasteiger partial charge in [0.15, 0.2) is 0 Å². The minimum Gasteiger partial charge on any atom is -0.370 e. The van der Waals surface area contributed by atoms with Crippen LogP contribution in [0, 0.1) is 0 Å². The molecule has 0 amide bonds. The number of hydrogen-bond donors (Lipinski definition) is 1. The topological polar surface area (TPSA) is 24.5 Å². The molecule has 3 nitrogen and oxygen atoms in total. The summed E-state index contributed by atoms with van der Waals surface area (Å²) in [6.07, 6.45) is 2.88. The summed E-state index contributed by atoms with van der Waals surface area (Å²) in [4.78, 5) is 2.51. The normalized spacial score (nSPS) is 27.0. The Kier molecular flexibility index (Phi) is 5.90. The first kappa shape index (κ1) is 14.9. The third-order valence-electron chi connectivity index (χ3n) is 3.28. The van der Waals surface area contributed by atoms with Crippen LogP contribution in [0.15, 0.2) is 0 Å². The number of rotatable bonds is 6. The molecule has 1 aliphatic rings. The highest BCUT2D eigenvalue weighted by Gasteiger charge is 2.30. The molecule has 1 heterocycles. The Hall–Kier alpha value is -0.120. The van der Waals surface area contributed by atoms with Gasteiger partial charge in [-0.05, 0) is 34.1 Å². The van der Waals surface area contributed by atoms with Crippen LogP contribution in [-0.4, -0.2) is 48.8 Å². The monoisotopic (exact) mass is 242 g/mol. The molecule has 17 heavy (non-hydrogen) atoms. The molecular formula is C14H30N2O. The average Bonchev–Trinajstić information content (AvgIpc) is 2.14. The van der Waals surface area contributed by atoms with Crippen LogP contribution >= 0.6 is 0 Å². The maximum Gasteiger partial charge on any atom is 0.0757 e.